The van der Waals surface area contributed by atoms with E-state index in [4.69, 9.17) is 5.73 Å². The van der Waals surface area contributed by atoms with E-state index < -0.39 is 11.7 Å². The van der Waals surface area contributed by atoms with Crippen molar-refractivity contribution in [1.29, 1.82) is 0 Å². The number of alkyl halides is 3. The number of nitrogens with two attached hydrogens (primary N) is 1. The molecule has 1 aliphatic heterocycles. The highest BCUT2D eigenvalue weighted by molar-refractivity contribution is 5.82. The molecule has 1 fully saturated rings. The van der Waals surface area contributed by atoms with E-state index in [-0.39, 0.29) is 30.7 Å². The van der Waals surface area contributed by atoms with E-state index >= 15 is 0 Å². The normalized spacial score (nSPS) is 18.1. The zero-order valence-corrected chi connectivity index (χ0v) is 13.8. The smallest absolute Gasteiger partial charge is 0.355 e. The lowest BCUT2D eigenvalue weighted by Gasteiger charge is -2.32. The average molecular weight is 357 g/mol. The monoisotopic (exact) mass is 357 g/mol. The number of rotatable bonds is 5. The summed E-state index contributed by atoms with van der Waals surface area (Å²) in [6, 6.07) is 4.77. The van der Waals surface area contributed by atoms with Crippen molar-refractivity contribution in [2.45, 2.75) is 25.4 Å². The highest BCUT2D eigenvalue weighted by atomic mass is 19.4. The number of carbonyl (C=O) groups is 2. The number of amides is 2. The zero-order chi connectivity index (χ0) is 18.4. The second-order valence-electron chi connectivity index (χ2n) is 6.13. The molecule has 2 amide bonds. The summed E-state index contributed by atoms with van der Waals surface area (Å²) < 4.78 is 38.3. The van der Waals surface area contributed by atoms with Gasteiger partial charge in [-0.05, 0) is 24.5 Å². The number of piperidine rings is 1. The topological polar surface area (TPSA) is 75.4 Å². The van der Waals surface area contributed by atoms with Crippen molar-refractivity contribution >= 4 is 11.8 Å². The Bertz CT molecular complexity index is 619. The summed E-state index contributed by atoms with van der Waals surface area (Å²) in [5.74, 6) is -0.705. The van der Waals surface area contributed by atoms with Gasteiger partial charge in [-0.15, -0.1) is 0 Å². The van der Waals surface area contributed by atoms with Crippen molar-refractivity contribution in [3.63, 3.8) is 0 Å². The Balaban J connectivity index is 1.97. The van der Waals surface area contributed by atoms with E-state index in [1.807, 2.05) is 0 Å². The molecule has 1 saturated heterocycles. The number of hydrogen-bond donors (Lipinski definition) is 2. The van der Waals surface area contributed by atoms with Crippen molar-refractivity contribution in [3.8, 4) is 0 Å². The van der Waals surface area contributed by atoms with Crippen LogP contribution < -0.4 is 11.1 Å². The largest absolute Gasteiger partial charge is 0.416 e. The quantitative estimate of drug-likeness (QED) is 0.840. The highest BCUT2D eigenvalue weighted by Crippen LogP contribution is 2.29. The molecule has 25 heavy (non-hydrogen) atoms. The Morgan fingerprint density at radius 3 is 2.76 bits per heavy atom. The molecule has 1 aromatic carbocycles. The molecule has 0 spiro atoms. The van der Waals surface area contributed by atoms with Crippen molar-refractivity contribution in [1.82, 2.24) is 10.2 Å². The first-order valence-electron chi connectivity index (χ1n) is 8.23. The first-order chi connectivity index (χ1) is 11.8. The van der Waals surface area contributed by atoms with Crippen LogP contribution in [0.3, 0.4) is 0 Å². The summed E-state index contributed by atoms with van der Waals surface area (Å²) in [5.41, 5.74) is 4.90. The van der Waals surface area contributed by atoms with Crippen LogP contribution in [-0.4, -0.2) is 42.9 Å². The number of benzene rings is 1. The van der Waals surface area contributed by atoms with Crippen LogP contribution in [0.4, 0.5) is 13.2 Å². The minimum absolute atomic E-state index is 0.110. The van der Waals surface area contributed by atoms with Crippen LogP contribution >= 0.6 is 0 Å². The molecule has 0 radical (unpaired) electrons. The number of nitrogens with one attached hydrogen (secondary N) is 1. The molecule has 138 valence electrons. The molecule has 2 rings (SSSR count). The van der Waals surface area contributed by atoms with Crippen molar-refractivity contribution in [3.05, 3.63) is 35.4 Å². The summed E-state index contributed by atoms with van der Waals surface area (Å²) in [4.78, 5) is 26.0. The molecular formula is C17H22F3N3O2. The summed E-state index contributed by atoms with van der Waals surface area (Å²) >= 11 is 0. The van der Waals surface area contributed by atoms with Gasteiger partial charge in [-0.3, -0.25) is 9.59 Å². The maximum absolute atomic E-state index is 12.8. The van der Waals surface area contributed by atoms with Gasteiger partial charge in [0.05, 0.1) is 17.9 Å². The molecule has 5 nitrogen and oxygen atoms in total. The van der Waals surface area contributed by atoms with E-state index in [1.165, 1.54) is 12.1 Å². The summed E-state index contributed by atoms with van der Waals surface area (Å²) in [7, 11) is 0. The zero-order valence-electron chi connectivity index (χ0n) is 13.8. The molecule has 1 unspecified atom stereocenters. The maximum atomic E-state index is 12.8. The van der Waals surface area contributed by atoms with E-state index in [9.17, 15) is 22.8 Å². The molecule has 1 heterocycles. The second kappa shape index (κ2) is 8.33. The van der Waals surface area contributed by atoms with Crippen LogP contribution in [0.25, 0.3) is 0 Å². The van der Waals surface area contributed by atoms with E-state index in [2.05, 4.69) is 5.32 Å². The van der Waals surface area contributed by atoms with Crippen LogP contribution in [-0.2, 0) is 22.2 Å². The molecule has 1 aromatic rings. The van der Waals surface area contributed by atoms with Gasteiger partial charge in [-0.1, -0.05) is 18.2 Å². The average Bonchev–Trinajstić information content (AvgIpc) is 2.59. The van der Waals surface area contributed by atoms with E-state index in [0.717, 1.165) is 12.1 Å². The van der Waals surface area contributed by atoms with Gasteiger partial charge in [0.1, 0.15) is 0 Å². The van der Waals surface area contributed by atoms with Crippen LogP contribution in [0.2, 0.25) is 0 Å². The molecule has 0 aliphatic carbocycles. The number of halogens is 3. The number of nitrogens with zero attached hydrogens (tertiary/aromatic N) is 1. The second-order valence-corrected chi connectivity index (χ2v) is 6.13. The number of hydrogen-bond acceptors (Lipinski definition) is 3. The Morgan fingerprint density at radius 2 is 2.08 bits per heavy atom. The maximum Gasteiger partial charge on any atom is 0.416 e. The molecule has 0 saturated carbocycles. The number of likely N-dealkylation sites (tertiary alicyclic amines) is 1. The van der Waals surface area contributed by atoms with Gasteiger partial charge in [0.25, 0.3) is 0 Å². The summed E-state index contributed by atoms with van der Waals surface area (Å²) in [6.45, 7) is 1.52. The fourth-order valence-corrected chi connectivity index (χ4v) is 2.90. The third kappa shape index (κ3) is 5.45. The van der Waals surface area contributed by atoms with Gasteiger partial charge in [0, 0.05) is 26.2 Å². The standard InChI is InChI=1S/C17H22F3N3O2/c18-17(19,20)14-5-1-3-12(9-14)10-15(24)23-8-2-4-13(11-23)16(25)22-7-6-21/h1,3,5,9,13H,2,4,6-8,10-11,21H2,(H,22,25). The van der Waals surface area contributed by atoms with Gasteiger partial charge in [-0.25, -0.2) is 0 Å². The Labute approximate surface area is 144 Å². The third-order valence-electron chi connectivity index (χ3n) is 4.20. The van der Waals surface area contributed by atoms with Crippen LogP contribution in [0, 0.1) is 5.92 Å². The SMILES string of the molecule is NCCNC(=O)C1CCCN(C(=O)Cc2cccc(C(F)(F)F)c2)C1. The minimum atomic E-state index is -4.43. The first-order valence-corrected chi connectivity index (χ1v) is 8.23. The lowest BCUT2D eigenvalue weighted by atomic mass is 9.96. The molecular weight excluding hydrogens is 335 g/mol. The van der Waals surface area contributed by atoms with Gasteiger partial charge in [0.15, 0.2) is 0 Å². The molecule has 8 heteroatoms. The molecule has 3 N–H and O–H groups in total. The van der Waals surface area contributed by atoms with Crippen LogP contribution in [0.5, 0.6) is 0 Å². The molecule has 0 bridgehead atoms. The van der Waals surface area contributed by atoms with Gasteiger partial charge >= 0.3 is 6.18 Å². The fraction of sp³-hybridized carbons (Fsp3) is 0.529. The fourth-order valence-electron chi connectivity index (χ4n) is 2.90. The Kier molecular flexibility index (Phi) is 6.41. The van der Waals surface area contributed by atoms with Crippen molar-refractivity contribution in [2.75, 3.05) is 26.2 Å². The third-order valence-corrected chi connectivity index (χ3v) is 4.20. The van der Waals surface area contributed by atoms with E-state index in [0.29, 0.717) is 38.0 Å². The highest BCUT2D eigenvalue weighted by Gasteiger charge is 2.31. The van der Waals surface area contributed by atoms with E-state index in [1.54, 1.807) is 4.90 Å². The van der Waals surface area contributed by atoms with Crippen molar-refractivity contribution < 1.29 is 22.8 Å². The van der Waals surface area contributed by atoms with Gasteiger partial charge in [-0.2, -0.15) is 13.2 Å². The first kappa shape index (κ1) is 19.2. The van der Waals surface area contributed by atoms with Crippen LogP contribution in [0.15, 0.2) is 24.3 Å². The molecule has 1 atom stereocenters. The predicted octanol–water partition coefficient (Wildman–Crippen LogP) is 1.56. The number of carbonyl (C=O) groups excluding carboxylic acids is 2. The van der Waals surface area contributed by atoms with Gasteiger partial charge < -0.3 is 16.0 Å². The van der Waals surface area contributed by atoms with Crippen molar-refractivity contribution in [2.24, 2.45) is 11.7 Å². The molecule has 1 aliphatic rings. The molecule has 0 aromatic heterocycles. The van der Waals surface area contributed by atoms with Crippen LogP contribution in [0.1, 0.15) is 24.0 Å². The summed E-state index contributed by atoms with van der Waals surface area (Å²) in [6.07, 6.45) is -3.17. The lowest BCUT2D eigenvalue weighted by molar-refractivity contribution is -0.138. The predicted molar refractivity (Wildman–Crippen MR) is 86.5 cm³/mol. The Hall–Kier alpha value is -2.09. The van der Waals surface area contributed by atoms with Gasteiger partial charge in [0.2, 0.25) is 11.8 Å². The lowest BCUT2D eigenvalue weighted by Crippen LogP contribution is -2.46. The Morgan fingerprint density at radius 1 is 1.32 bits per heavy atom. The summed E-state index contributed by atoms with van der Waals surface area (Å²) in [5, 5.41) is 2.71. The minimum Gasteiger partial charge on any atom is -0.355 e.